The molecule has 202 valence electrons. The third kappa shape index (κ3) is 35.0. The van der Waals surface area contributed by atoms with Crippen LogP contribution in [0.25, 0.3) is 0 Å². The summed E-state index contributed by atoms with van der Waals surface area (Å²) < 4.78 is 4.96. The van der Waals surface area contributed by atoms with Gasteiger partial charge in [-0.25, -0.2) is 0 Å². The predicted molar refractivity (Wildman–Crippen MR) is 150 cm³/mol. The largest absolute Gasteiger partial charge is 2.00 e. The fourth-order valence-corrected chi connectivity index (χ4v) is 4.45. The average Bonchev–Trinajstić information content (AvgIpc) is 2.80. The van der Waals surface area contributed by atoms with Gasteiger partial charge in [0.15, 0.2) is 0 Å². The number of ether oxygens (including phenoxy) is 1. The van der Waals surface area contributed by atoms with Crippen LogP contribution in [0.2, 0.25) is 0 Å². The van der Waals surface area contributed by atoms with Crippen molar-refractivity contribution in [3.05, 3.63) is 0 Å². The summed E-state index contributed by atoms with van der Waals surface area (Å²) in [4.78, 5) is 23.6. The molecule has 0 saturated heterocycles. The number of rotatable bonds is 26. The summed E-state index contributed by atoms with van der Waals surface area (Å²) in [5.41, 5.74) is 0. The molecule has 0 rings (SSSR count). The maximum Gasteiger partial charge on any atom is 2.00 e. The van der Waals surface area contributed by atoms with Crippen molar-refractivity contribution in [2.24, 2.45) is 0 Å². The van der Waals surface area contributed by atoms with E-state index in [9.17, 15) is 9.59 Å². The molecular formula is C30H60CaO3Zn. The van der Waals surface area contributed by atoms with E-state index >= 15 is 0 Å². The van der Waals surface area contributed by atoms with E-state index in [1.165, 1.54) is 128 Å². The van der Waals surface area contributed by atoms with Crippen LogP contribution in [0.3, 0.4) is 0 Å². The van der Waals surface area contributed by atoms with Crippen molar-refractivity contribution in [1.82, 2.24) is 0 Å². The van der Waals surface area contributed by atoms with Crippen LogP contribution in [-0.4, -0.2) is 49.7 Å². The first-order valence-corrected chi connectivity index (χ1v) is 14.9. The van der Waals surface area contributed by atoms with E-state index in [-0.39, 0.29) is 72.0 Å². The molecule has 0 radical (unpaired) electrons. The van der Waals surface area contributed by atoms with Crippen molar-refractivity contribution < 1.29 is 36.7 Å². The second-order valence-electron chi connectivity index (χ2n) is 10.1. The van der Waals surface area contributed by atoms with Gasteiger partial charge >= 0.3 is 49.7 Å². The number of carbonyl (C=O) groups is 2. The van der Waals surface area contributed by atoms with E-state index in [1.807, 2.05) is 0 Å². The van der Waals surface area contributed by atoms with Gasteiger partial charge in [-0.05, 0) is 12.8 Å². The van der Waals surface area contributed by atoms with Crippen molar-refractivity contribution in [3.8, 4) is 0 Å². The number of unbranched alkanes of at least 4 members (excludes halogenated alkanes) is 22. The molecule has 0 aliphatic heterocycles. The molecule has 0 amide bonds. The summed E-state index contributed by atoms with van der Waals surface area (Å²) in [6, 6.07) is 0. The van der Waals surface area contributed by atoms with Crippen molar-refractivity contribution in [1.29, 1.82) is 0 Å². The maximum atomic E-state index is 11.8. The van der Waals surface area contributed by atoms with E-state index in [2.05, 4.69) is 13.8 Å². The number of esters is 2. The first-order valence-electron chi connectivity index (χ1n) is 14.9. The minimum Gasteiger partial charge on any atom is -1.00 e. The third-order valence-electron chi connectivity index (χ3n) is 6.70. The van der Waals surface area contributed by atoms with E-state index in [0.717, 1.165) is 25.7 Å². The Balaban J connectivity index is -0.000000853. The smallest absolute Gasteiger partial charge is 1.00 e. The Morgan fingerprint density at radius 2 is 0.629 bits per heavy atom. The van der Waals surface area contributed by atoms with Crippen LogP contribution in [0.15, 0.2) is 0 Å². The molecule has 0 aromatic rings. The Kier molecular flexibility index (Phi) is 40.5. The molecule has 0 saturated carbocycles. The molecule has 3 nitrogen and oxygen atoms in total. The number of carbonyl (C=O) groups excluding carboxylic acids is 2. The van der Waals surface area contributed by atoms with E-state index in [0.29, 0.717) is 12.8 Å². The minimum atomic E-state index is -0.330. The van der Waals surface area contributed by atoms with E-state index in [4.69, 9.17) is 4.74 Å². The van der Waals surface area contributed by atoms with Gasteiger partial charge in [0.2, 0.25) is 0 Å². The molecule has 0 aromatic carbocycles. The molecule has 0 aliphatic carbocycles. The molecule has 0 bridgehead atoms. The van der Waals surface area contributed by atoms with Gasteiger partial charge in [-0.3, -0.25) is 9.59 Å². The standard InChI is InChI=1S/C30H58O3.Ca.Zn.2H/c1-3-5-7-9-11-13-14-15-16-17-18-20-22-24-26-28-30(32)33-29(31)27-25-23-21-19-12-10-8-6-4-2;;;;/h3-28H2,1-2H3;;;;/q;+2;;2*-1. The van der Waals surface area contributed by atoms with Gasteiger partial charge in [0.1, 0.15) is 0 Å². The van der Waals surface area contributed by atoms with Crippen molar-refractivity contribution >= 4 is 49.7 Å². The van der Waals surface area contributed by atoms with Crippen LogP contribution in [0, 0.1) is 0 Å². The maximum absolute atomic E-state index is 11.8. The summed E-state index contributed by atoms with van der Waals surface area (Å²) in [7, 11) is 0. The Labute approximate surface area is 265 Å². The van der Waals surface area contributed by atoms with E-state index < -0.39 is 0 Å². The molecule has 0 atom stereocenters. The Bertz CT molecular complexity index is 443. The van der Waals surface area contributed by atoms with Crippen LogP contribution in [-0.2, 0) is 33.8 Å². The number of hydrogen-bond donors (Lipinski definition) is 0. The number of hydrogen-bond acceptors (Lipinski definition) is 3. The normalized spacial score (nSPS) is 10.5. The van der Waals surface area contributed by atoms with Crippen LogP contribution < -0.4 is 0 Å². The van der Waals surface area contributed by atoms with Gasteiger partial charge in [0.25, 0.3) is 0 Å². The Hall–Kier alpha value is 1.02. The zero-order valence-electron chi connectivity index (χ0n) is 26.0. The molecule has 0 unspecified atom stereocenters. The first-order chi connectivity index (χ1) is 16.2. The molecule has 0 fully saturated rings. The van der Waals surface area contributed by atoms with Crippen LogP contribution in [0.4, 0.5) is 0 Å². The molecular weight excluding hydrogens is 514 g/mol. The molecule has 0 N–H and O–H groups in total. The zero-order valence-corrected chi connectivity index (χ0v) is 29.2. The fourth-order valence-electron chi connectivity index (χ4n) is 4.45. The quantitative estimate of drug-likeness (QED) is 0.0447. The fraction of sp³-hybridized carbons (Fsp3) is 0.933. The third-order valence-corrected chi connectivity index (χ3v) is 6.70. The molecule has 35 heavy (non-hydrogen) atoms. The second-order valence-corrected chi connectivity index (χ2v) is 10.1. The van der Waals surface area contributed by atoms with E-state index in [1.54, 1.807) is 0 Å². The Morgan fingerprint density at radius 1 is 0.429 bits per heavy atom. The SMILES string of the molecule is CCCCCCCCCCCCCCCCCC(=O)OC(=O)CCCCCCCCCCC.[Ca+2].[H-].[H-].[Zn]. The van der Waals surface area contributed by atoms with Crippen molar-refractivity contribution in [2.75, 3.05) is 0 Å². The van der Waals surface area contributed by atoms with Gasteiger partial charge < -0.3 is 7.59 Å². The average molecular weight is 574 g/mol. The van der Waals surface area contributed by atoms with Gasteiger partial charge in [-0.1, -0.05) is 155 Å². The zero-order chi connectivity index (χ0) is 24.2. The summed E-state index contributed by atoms with van der Waals surface area (Å²) in [5, 5.41) is 0. The molecule has 0 aliphatic rings. The second kappa shape index (κ2) is 35.0. The van der Waals surface area contributed by atoms with Gasteiger partial charge in [0.05, 0.1) is 0 Å². The van der Waals surface area contributed by atoms with Crippen molar-refractivity contribution in [3.63, 3.8) is 0 Å². The van der Waals surface area contributed by atoms with Gasteiger partial charge in [-0.2, -0.15) is 0 Å². The van der Waals surface area contributed by atoms with Crippen molar-refractivity contribution in [2.45, 2.75) is 181 Å². The van der Waals surface area contributed by atoms with Crippen LogP contribution >= 0.6 is 0 Å². The molecule has 0 heterocycles. The Morgan fingerprint density at radius 3 is 0.857 bits per heavy atom. The summed E-state index contributed by atoms with van der Waals surface area (Å²) in [5.74, 6) is -0.658. The van der Waals surface area contributed by atoms with Crippen LogP contribution in [0.5, 0.6) is 0 Å². The first kappa shape index (κ1) is 40.5. The summed E-state index contributed by atoms with van der Waals surface area (Å²) in [6.07, 6.45) is 31.4. The molecule has 0 spiro atoms. The van der Waals surface area contributed by atoms with Crippen LogP contribution in [0.1, 0.15) is 184 Å². The molecule has 5 heteroatoms. The molecule has 0 aromatic heterocycles. The minimum absolute atomic E-state index is 0. The summed E-state index contributed by atoms with van der Waals surface area (Å²) in [6.45, 7) is 4.51. The predicted octanol–water partition coefficient (Wildman–Crippen LogP) is 10.1. The van der Waals surface area contributed by atoms with Gasteiger partial charge in [0, 0.05) is 32.3 Å². The monoisotopic (exact) mass is 572 g/mol. The van der Waals surface area contributed by atoms with Gasteiger partial charge in [-0.15, -0.1) is 0 Å². The summed E-state index contributed by atoms with van der Waals surface area (Å²) >= 11 is 0. The topological polar surface area (TPSA) is 43.4 Å².